The maximum atomic E-state index is 12.3. The molecule has 2 rings (SSSR count). The maximum Gasteiger partial charge on any atom is 0.340 e. The van der Waals surface area contributed by atoms with Crippen LogP contribution in [-0.4, -0.2) is 30.9 Å². The second-order valence-corrected chi connectivity index (χ2v) is 7.24. The minimum Gasteiger partial charge on any atom is -0.452 e. The van der Waals surface area contributed by atoms with Gasteiger partial charge < -0.3 is 15.4 Å². The molecule has 0 aliphatic heterocycles. The standard InChI is InChI=1S/C20H20Cl2N2O4/c1-12(2)10-23-19(26)14-5-3-4-6-17(14)24-18(25)11-28-20(27)15-9-13(21)7-8-16(15)22/h3-9,12H,10-11H2,1-2H3,(H,23,26)(H,24,25). The van der Waals surface area contributed by atoms with Crippen LogP contribution in [-0.2, 0) is 9.53 Å². The fourth-order valence-corrected chi connectivity index (χ4v) is 2.60. The van der Waals surface area contributed by atoms with Crippen molar-refractivity contribution in [1.82, 2.24) is 5.32 Å². The number of benzene rings is 2. The van der Waals surface area contributed by atoms with E-state index in [-0.39, 0.29) is 16.5 Å². The van der Waals surface area contributed by atoms with E-state index in [1.54, 1.807) is 24.3 Å². The third-order valence-electron chi connectivity index (χ3n) is 3.60. The van der Waals surface area contributed by atoms with Gasteiger partial charge in [0, 0.05) is 11.6 Å². The fraction of sp³-hybridized carbons (Fsp3) is 0.250. The molecule has 2 aromatic rings. The van der Waals surface area contributed by atoms with E-state index in [9.17, 15) is 14.4 Å². The van der Waals surface area contributed by atoms with Crippen LogP contribution in [0.1, 0.15) is 34.6 Å². The number of hydrogen-bond donors (Lipinski definition) is 2. The van der Waals surface area contributed by atoms with Crippen LogP contribution < -0.4 is 10.6 Å². The van der Waals surface area contributed by atoms with Crippen LogP contribution in [0.5, 0.6) is 0 Å². The van der Waals surface area contributed by atoms with E-state index in [0.717, 1.165) is 0 Å². The number of carbonyl (C=O) groups is 3. The molecule has 0 saturated heterocycles. The Balaban J connectivity index is 1.99. The molecule has 2 N–H and O–H groups in total. The predicted molar refractivity (Wildman–Crippen MR) is 109 cm³/mol. The lowest BCUT2D eigenvalue weighted by Gasteiger charge is -2.13. The Hall–Kier alpha value is -2.57. The van der Waals surface area contributed by atoms with Crippen molar-refractivity contribution >= 4 is 46.7 Å². The number of ether oxygens (including phenoxy) is 1. The molecule has 28 heavy (non-hydrogen) atoms. The highest BCUT2D eigenvalue weighted by Crippen LogP contribution is 2.21. The van der Waals surface area contributed by atoms with Crippen molar-refractivity contribution in [2.75, 3.05) is 18.5 Å². The van der Waals surface area contributed by atoms with Crippen molar-refractivity contribution in [1.29, 1.82) is 0 Å². The van der Waals surface area contributed by atoms with Crippen LogP contribution >= 0.6 is 23.2 Å². The third kappa shape index (κ3) is 6.25. The Labute approximate surface area is 173 Å². The number of amides is 2. The Morgan fingerprint density at radius 2 is 1.75 bits per heavy atom. The molecule has 0 aliphatic carbocycles. The smallest absolute Gasteiger partial charge is 0.340 e. The number of para-hydroxylation sites is 1. The summed E-state index contributed by atoms with van der Waals surface area (Å²) in [7, 11) is 0. The summed E-state index contributed by atoms with van der Waals surface area (Å²) in [5, 5.41) is 5.86. The summed E-state index contributed by atoms with van der Waals surface area (Å²) in [6.45, 7) is 3.94. The number of halogens is 2. The van der Waals surface area contributed by atoms with Gasteiger partial charge in [-0.15, -0.1) is 0 Å². The highest BCUT2D eigenvalue weighted by atomic mass is 35.5. The predicted octanol–water partition coefficient (Wildman–Crippen LogP) is 4.17. The number of rotatable bonds is 7. The molecule has 0 bridgehead atoms. The van der Waals surface area contributed by atoms with Gasteiger partial charge in [0.15, 0.2) is 6.61 Å². The summed E-state index contributed by atoms with van der Waals surface area (Å²) in [5.41, 5.74) is 0.710. The molecule has 0 aliphatic rings. The monoisotopic (exact) mass is 422 g/mol. The molecule has 0 radical (unpaired) electrons. The highest BCUT2D eigenvalue weighted by Gasteiger charge is 2.16. The van der Waals surface area contributed by atoms with Crippen molar-refractivity contribution in [3.05, 3.63) is 63.6 Å². The van der Waals surface area contributed by atoms with Gasteiger partial charge in [-0.1, -0.05) is 49.2 Å². The van der Waals surface area contributed by atoms with Crippen LogP contribution in [0, 0.1) is 5.92 Å². The molecule has 2 aromatic carbocycles. The minimum absolute atomic E-state index is 0.0652. The summed E-state index contributed by atoms with van der Waals surface area (Å²) in [6.07, 6.45) is 0. The maximum absolute atomic E-state index is 12.3. The zero-order chi connectivity index (χ0) is 20.7. The number of esters is 1. The van der Waals surface area contributed by atoms with Crippen LogP contribution in [0.25, 0.3) is 0 Å². The number of hydrogen-bond acceptors (Lipinski definition) is 4. The SMILES string of the molecule is CC(C)CNC(=O)c1ccccc1NC(=O)COC(=O)c1cc(Cl)ccc1Cl. The van der Waals surface area contributed by atoms with Crippen molar-refractivity contribution in [2.24, 2.45) is 5.92 Å². The van der Waals surface area contributed by atoms with Gasteiger partial charge in [-0.05, 0) is 36.2 Å². The molecular formula is C20H20Cl2N2O4. The van der Waals surface area contributed by atoms with Gasteiger partial charge in [-0.3, -0.25) is 9.59 Å². The fourth-order valence-electron chi connectivity index (χ4n) is 2.23. The third-order valence-corrected chi connectivity index (χ3v) is 4.16. The molecule has 0 heterocycles. The Morgan fingerprint density at radius 1 is 1.04 bits per heavy atom. The van der Waals surface area contributed by atoms with Gasteiger partial charge in [0.05, 0.1) is 21.8 Å². The first kappa shape index (κ1) is 21.7. The quantitative estimate of drug-likeness (QED) is 0.655. The van der Waals surface area contributed by atoms with Crippen LogP contribution in [0.4, 0.5) is 5.69 Å². The lowest BCUT2D eigenvalue weighted by molar-refractivity contribution is -0.119. The second-order valence-electron chi connectivity index (χ2n) is 6.40. The molecule has 8 heteroatoms. The number of anilines is 1. The van der Waals surface area contributed by atoms with E-state index in [1.807, 2.05) is 13.8 Å². The van der Waals surface area contributed by atoms with Gasteiger partial charge in [0.25, 0.3) is 11.8 Å². The Bertz CT molecular complexity index is 884. The molecule has 0 atom stereocenters. The largest absolute Gasteiger partial charge is 0.452 e. The van der Waals surface area contributed by atoms with Crippen molar-refractivity contribution < 1.29 is 19.1 Å². The van der Waals surface area contributed by atoms with E-state index in [1.165, 1.54) is 18.2 Å². The van der Waals surface area contributed by atoms with Crippen molar-refractivity contribution in [3.8, 4) is 0 Å². The first-order chi connectivity index (χ1) is 13.3. The second kappa shape index (κ2) is 10.1. The van der Waals surface area contributed by atoms with Crippen molar-refractivity contribution in [2.45, 2.75) is 13.8 Å². The van der Waals surface area contributed by atoms with Crippen molar-refractivity contribution in [3.63, 3.8) is 0 Å². The summed E-state index contributed by atoms with van der Waals surface area (Å²) in [6, 6.07) is 10.9. The Morgan fingerprint density at radius 3 is 2.46 bits per heavy atom. The van der Waals surface area contributed by atoms with E-state index < -0.39 is 18.5 Å². The van der Waals surface area contributed by atoms with Crippen LogP contribution in [0.15, 0.2) is 42.5 Å². The molecule has 2 amide bonds. The molecule has 0 fully saturated rings. The molecule has 6 nitrogen and oxygen atoms in total. The lowest BCUT2D eigenvalue weighted by atomic mass is 10.1. The normalized spacial score (nSPS) is 10.5. The Kier molecular flexibility index (Phi) is 7.84. The van der Waals surface area contributed by atoms with Gasteiger partial charge in [0.1, 0.15) is 0 Å². The van der Waals surface area contributed by atoms with Gasteiger partial charge in [-0.2, -0.15) is 0 Å². The van der Waals surface area contributed by atoms with E-state index in [0.29, 0.717) is 28.7 Å². The van der Waals surface area contributed by atoms with Crippen LogP contribution in [0.2, 0.25) is 10.0 Å². The first-order valence-electron chi connectivity index (χ1n) is 8.57. The van der Waals surface area contributed by atoms with Gasteiger partial charge >= 0.3 is 5.97 Å². The summed E-state index contributed by atoms with van der Waals surface area (Å²) in [5.74, 6) is -1.36. The lowest BCUT2D eigenvalue weighted by Crippen LogP contribution is -2.29. The first-order valence-corrected chi connectivity index (χ1v) is 9.32. The average molecular weight is 423 g/mol. The zero-order valence-corrected chi connectivity index (χ0v) is 16.9. The van der Waals surface area contributed by atoms with E-state index in [2.05, 4.69) is 10.6 Å². The number of carbonyl (C=O) groups excluding carboxylic acids is 3. The molecule has 0 saturated carbocycles. The highest BCUT2D eigenvalue weighted by molar-refractivity contribution is 6.35. The topological polar surface area (TPSA) is 84.5 Å². The summed E-state index contributed by atoms with van der Waals surface area (Å²) < 4.78 is 4.98. The number of nitrogens with one attached hydrogen (secondary N) is 2. The van der Waals surface area contributed by atoms with Gasteiger partial charge in [-0.25, -0.2) is 4.79 Å². The summed E-state index contributed by atoms with van der Waals surface area (Å²) >= 11 is 11.8. The average Bonchev–Trinajstić information content (AvgIpc) is 2.66. The van der Waals surface area contributed by atoms with Crippen LogP contribution in [0.3, 0.4) is 0 Å². The molecule has 0 spiro atoms. The van der Waals surface area contributed by atoms with E-state index >= 15 is 0 Å². The van der Waals surface area contributed by atoms with Gasteiger partial charge in [0.2, 0.25) is 0 Å². The molecule has 0 unspecified atom stereocenters. The zero-order valence-electron chi connectivity index (χ0n) is 15.4. The molecule has 148 valence electrons. The molecular weight excluding hydrogens is 403 g/mol. The summed E-state index contributed by atoms with van der Waals surface area (Å²) in [4.78, 5) is 36.5. The minimum atomic E-state index is -0.773. The molecule has 0 aromatic heterocycles. The van der Waals surface area contributed by atoms with E-state index in [4.69, 9.17) is 27.9 Å².